The van der Waals surface area contributed by atoms with Crippen LogP contribution >= 0.6 is 11.6 Å². The molecule has 1 N–H and O–H groups in total. The molecule has 0 atom stereocenters. The number of pyridine rings is 2. The van der Waals surface area contributed by atoms with Gasteiger partial charge in [-0.05, 0) is 68.5 Å². The number of carbonyl (C=O) groups is 1. The van der Waals surface area contributed by atoms with E-state index < -0.39 is 0 Å². The number of nitrogens with one attached hydrogen (secondary N) is 1. The van der Waals surface area contributed by atoms with E-state index in [2.05, 4.69) is 21.4 Å². The van der Waals surface area contributed by atoms with Crippen LogP contribution in [0.4, 0.5) is 0 Å². The molecule has 0 bridgehead atoms. The van der Waals surface area contributed by atoms with E-state index in [1.165, 1.54) is 18.4 Å². The lowest BCUT2D eigenvalue weighted by molar-refractivity contribution is 0.0955. The van der Waals surface area contributed by atoms with E-state index in [1.54, 1.807) is 24.4 Å². The summed E-state index contributed by atoms with van der Waals surface area (Å²) in [5.41, 5.74) is 4.16. The van der Waals surface area contributed by atoms with Crippen LogP contribution < -0.4 is 5.32 Å². The number of amides is 1. The normalized spacial score (nSPS) is 14.0. The average molecular weight is 392 g/mol. The molecule has 4 nitrogen and oxygen atoms in total. The van der Waals surface area contributed by atoms with Crippen LogP contribution in [-0.4, -0.2) is 22.4 Å². The van der Waals surface area contributed by atoms with Crippen molar-refractivity contribution in [2.75, 3.05) is 6.54 Å². The average Bonchev–Trinajstić information content (AvgIpc) is 2.74. The zero-order valence-corrected chi connectivity index (χ0v) is 16.4. The number of hydrogen-bond donors (Lipinski definition) is 1. The van der Waals surface area contributed by atoms with E-state index >= 15 is 0 Å². The molecule has 0 aliphatic heterocycles. The van der Waals surface area contributed by atoms with Crippen molar-refractivity contribution in [1.82, 2.24) is 15.3 Å². The molecule has 28 heavy (non-hydrogen) atoms. The Bertz CT molecular complexity index is 1030. The molecule has 0 spiro atoms. The zero-order chi connectivity index (χ0) is 19.3. The number of rotatable bonds is 5. The molecule has 1 aromatic carbocycles. The minimum absolute atomic E-state index is 0.108. The molecular weight excluding hydrogens is 370 g/mol. The van der Waals surface area contributed by atoms with Crippen LogP contribution in [0.15, 0.2) is 60.3 Å². The van der Waals surface area contributed by atoms with Gasteiger partial charge in [0.2, 0.25) is 0 Å². The quantitative estimate of drug-likeness (QED) is 0.578. The van der Waals surface area contributed by atoms with E-state index in [4.69, 9.17) is 11.6 Å². The van der Waals surface area contributed by atoms with Crippen LogP contribution in [-0.2, 0) is 0 Å². The molecule has 0 saturated heterocycles. The smallest absolute Gasteiger partial charge is 0.252 e. The van der Waals surface area contributed by atoms with Crippen molar-refractivity contribution in [3.8, 4) is 11.4 Å². The number of benzene rings is 1. The lowest BCUT2D eigenvalue weighted by Crippen LogP contribution is -2.25. The molecule has 0 fully saturated rings. The number of nitrogens with zero attached hydrogens (tertiary/aromatic N) is 2. The van der Waals surface area contributed by atoms with Crippen LogP contribution in [0, 0.1) is 0 Å². The fourth-order valence-corrected chi connectivity index (χ4v) is 3.77. The van der Waals surface area contributed by atoms with Gasteiger partial charge in [0.25, 0.3) is 5.91 Å². The van der Waals surface area contributed by atoms with Crippen LogP contribution in [0.2, 0.25) is 5.02 Å². The Morgan fingerprint density at radius 3 is 2.82 bits per heavy atom. The highest BCUT2D eigenvalue weighted by Crippen LogP contribution is 2.26. The first-order chi connectivity index (χ1) is 13.7. The van der Waals surface area contributed by atoms with Crippen molar-refractivity contribution in [3.05, 3.63) is 70.9 Å². The summed E-state index contributed by atoms with van der Waals surface area (Å²) in [4.78, 5) is 22.0. The summed E-state index contributed by atoms with van der Waals surface area (Å²) in [5, 5.41) is 4.40. The molecule has 1 aliphatic carbocycles. The van der Waals surface area contributed by atoms with E-state index in [0.717, 1.165) is 35.9 Å². The Morgan fingerprint density at radius 2 is 2.04 bits per heavy atom. The number of fused-ring (bicyclic) bond motifs is 1. The number of carbonyl (C=O) groups excluding carboxylic acids is 1. The zero-order valence-electron chi connectivity index (χ0n) is 15.6. The summed E-state index contributed by atoms with van der Waals surface area (Å²) in [6, 6.07) is 12.9. The minimum atomic E-state index is -0.108. The Kier molecular flexibility index (Phi) is 5.68. The van der Waals surface area contributed by atoms with Gasteiger partial charge >= 0.3 is 0 Å². The molecule has 1 amide bonds. The summed E-state index contributed by atoms with van der Waals surface area (Å²) in [6.45, 7) is 0.633. The van der Waals surface area contributed by atoms with Crippen molar-refractivity contribution in [2.24, 2.45) is 0 Å². The molecule has 2 aromatic heterocycles. The van der Waals surface area contributed by atoms with Crippen molar-refractivity contribution >= 4 is 28.4 Å². The van der Waals surface area contributed by atoms with Gasteiger partial charge in [-0.25, -0.2) is 4.98 Å². The maximum Gasteiger partial charge on any atom is 0.252 e. The lowest BCUT2D eigenvalue weighted by atomic mass is 9.97. The second kappa shape index (κ2) is 8.53. The predicted molar refractivity (Wildman–Crippen MR) is 113 cm³/mol. The number of hydrogen-bond acceptors (Lipinski definition) is 3. The highest BCUT2D eigenvalue weighted by atomic mass is 35.5. The topological polar surface area (TPSA) is 54.9 Å². The fraction of sp³-hybridized carbons (Fsp3) is 0.261. The highest BCUT2D eigenvalue weighted by molar-refractivity contribution is 6.31. The first kappa shape index (κ1) is 18.6. The first-order valence-corrected chi connectivity index (χ1v) is 10.1. The number of halogens is 1. The van der Waals surface area contributed by atoms with E-state index in [1.807, 2.05) is 24.3 Å². The second-order valence-corrected chi connectivity index (χ2v) is 7.48. The van der Waals surface area contributed by atoms with Gasteiger partial charge in [0.1, 0.15) is 0 Å². The summed E-state index contributed by atoms with van der Waals surface area (Å²) in [6.07, 6.45) is 9.77. The van der Waals surface area contributed by atoms with Crippen molar-refractivity contribution in [1.29, 1.82) is 0 Å². The SMILES string of the molecule is O=C(NCCC1=CCCCC1)c1cc(-c2ccccn2)nc2ccc(Cl)cc12. The molecule has 5 heteroatoms. The van der Waals surface area contributed by atoms with Gasteiger partial charge < -0.3 is 5.32 Å². The third kappa shape index (κ3) is 4.23. The lowest BCUT2D eigenvalue weighted by Gasteiger charge is -2.14. The van der Waals surface area contributed by atoms with Crippen molar-refractivity contribution in [3.63, 3.8) is 0 Å². The van der Waals surface area contributed by atoms with Gasteiger partial charge in [-0.3, -0.25) is 9.78 Å². The molecule has 1 aliphatic rings. The Morgan fingerprint density at radius 1 is 1.11 bits per heavy atom. The highest BCUT2D eigenvalue weighted by Gasteiger charge is 2.15. The van der Waals surface area contributed by atoms with Gasteiger partial charge in [0.05, 0.1) is 22.5 Å². The predicted octanol–water partition coefficient (Wildman–Crippen LogP) is 5.57. The van der Waals surface area contributed by atoms with Crippen LogP contribution in [0.3, 0.4) is 0 Å². The molecule has 0 unspecified atom stereocenters. The minimum Gasteiger partial charge on any atom is -0.352 e. The monoisotopic (exact) mass is 391 g/mol. The van der Waals surface area contributed by atoms with Crippen LogP contribution in [0.1, 0.15) is 42.5 Å². The molecule has 4 rings (SSSR count). The first-order valence-electron chi connectivity index (χ1n) is 9.68. The van der Waals surface area contributed by atoms with Crippen molar-refractivity contribution < 1.29 is 4.79 Å². The number of allylic oxidation sites excluding steroid dienone is 1. The Balaban J connectivity index is 1.62. The summed E-state index contributed by atoms with van der Waals surface area (Å²) in [7, 11) is 0. The third-order valence-electron chi connectivity index (χ3n) is 5.06. The third-order valence-corrected chi connectivity index (χ3v) is 5.29. The van der Waals surface area contributed by atoms with Gasteiger partial charge in [0.15, 0.2) is 0 Å². The summed E-state index contributed by atoms with van der Waals surface area (Å²) in [5.74, 6) is -0.108. The van der Waals surface area contributed by atoms with Gasteiger partial charge in [-0.15, -0.1) is 0 Å². The molecule has 2 heterocycles. The van der Waals surface area contributed by atoms with Crippen LogP contribution in [0.25, 0.3) is 22.3 Å². The molecule has 0 radical (unpaired) electrons. The maximum absolute atomic E-state index is 13.0. The molecule has 142 valence electrons. The molecular formula is C23H22ClN3O. The molecule has 0 saturated carbocycles. The van der Waals surface area contributed by atoms with Gasteiger partial charge in [-0.2, -0.15) is 0 Å². The van der Waals surface area contributed by atoms with E-state index in [0.29, 0.717) is 22.8 Å². The van der Waals surface area contributed by atoms with Gasteiger partial charge in [0, 0.05) is 23.2 Å². The summed E-state index contributed by atoms with van der Waals surface area (Å²) < 4.78 is 0. The Hall–Kier alpha value is -2.72. The van der Waals surface area contributed by atoms with E-state index in [-0.39, 0.29) is 5.91 Å². The fourth-order valence-electron chi connectivity index (χ4n) is 3.59. The molecule has 3 aromatic rings. The second-order valence-electron chi connectivity index (χ2n) is 7.05. The number of aromatic nitrogens is 2. The van der Waals surface area contributed by atoms with E-state index in [9.17, 15) is 4.79 Å². The summed E-state index contributed by atoms with van der Waals surface area (Å²) >= 11 is 6.18. The van der Waals surface area contributed by atoms with Crippen molar-refractivity contribution in [2.45, 2.75) is 32.1 Å². The van der Waals surface area contributed by atoms with Gasteiger partial charge in [-0.1, -0.05) is 29.3 Å². The Labute approximate surface area is 169 Å². The maximum atomic E-state index is 13.0. The van der Waals surface area contributed by atoms with Crippen LogP contribution in [0.5, 0.6) is 0 Å². The largest absolute Gasteiger partial charge is 0.352 e. The standard InChI is InChI=1S/C23H22ClN3O/c24-17-9-10-20-18(14-17)19(15-22(27-20)21-8-4-5-12-25-21)23(28)26-13-11-16-6-2-1-3-7-16/h4-6,8-10,12,14-15H,1-3,7,11,13H2,(H,26,28).